The summed E-state index contributed by atoms with van der Waals surface area (Å²) < 4.78 is 26.7. The van der Waals surface area contributed by atoms with Gasteiger partial charge in [-0.2, -0.15) is 4.98 Å². The summed E-state index contributed by atoms with van der Waals surface area (Å²) in [6, 6.07) is 2.61. The summed E-state index contributed by atoms with van der Waals surface area (Å²) in [6.07, 6.45) is 1.09. The molecule has 0 fully saturated rings. The molecule has 0 unspecified atom stereocenters. The van der Waals surface area contributed by atoms with Crippen LogP contribution in [0, 0.1) is 10.1 Å². The molecule has 0 aromatic carbocycles. The summed E-state index contributed by atoms with van der Waals surface area (Å²) in [5.74, 6) is 0.0636. The van der Waals surface area contributed by atoms with E-state index in [2.05, 4.69) is 10.3 Å². The van der Waals surface area contributed by atoms with E-state index in [4.69, 9.17) is 4.74 Å². The van der Waals surface area contributed by atoms with Crippen LogP contribution in [-0.2, 0) is 9.84 Å². The number of methoxy groups -OCH3 is 1. The topological polar surface area (TPSA) is 111 Å². The molecule has 1 aromatic heterocycles. The fraction of sp³-hybridized carbons (Fsp3) is 0.444. The Hall–Kier alpha value is -1.90. The van der Waals surface area contributed by atoms with Crippen LogP contribution in [0.25, 0.3) is 0 Å². The van der Waals surface area contributed by atoms with Crippen molar-refractivity contribution in [1.29, 1.82) is 0 Å². The number of sulfone groups is 1. The fourth-order valence-corrected chi connectivity index (χ4v) is 1.65. The van der Waals surface area contributed by atoms with Gasteiger partial charge in [-0.15, -0.1) is 0 Å². The van der Waals surface area contributed by atoms with Crippen molar-refractivity contribution in [3.05, 3.63) is 22.2 Å². The number of ether oxygens (including phenoxy) is 1. The molecule has 0 saturated carbocycles. The predicted octanol–water partition coefficient (Wildman–Crippen LogP) is 0.455. The first-order valence-electron chi connectivity index (χ1n) is 4.94. The van der Waals surface area contributed by atoms with Crippen molar-refractivity contribution in [3.8, 4) is 5.88 Å². The molecule has 9 heteroatoms. The molecule has 0 radical (unpaired) electrons. The number of hydrogen-bond donors (Lipinski definition) is 1. The summed E-state index contributed by atoms with van der Waals surface area (Å²) in [5, 5.41) is 13.4. The Bertz CT molecular complexity index is 543. The maximum Gasteiger partial charge on any atom is 0.311 e. The van der Waals surface area contributed by atoms with Gasteiger partial charge >= 0.3 is 5.69 Å². The molecule has 0 amide bonds. The lowest BCUT2D eigenvalue weighted by Crippen LogP contribution is -2.15. The van der Waals surface area contributed by atoms with E-state index in [1.54, 1.807) is 0 Å². The minimum atomic E-state index is -3.13. The fourth-order valence-electron chi connectivity index (χ4n) is 1.18. The van der Waals surface area contributed by atoms with E-state index in [1.807, 2.05) is 0 Å². The van der Waals surface area contributed by atoms with Crippen molar-refractivity contribution < 1.29 is 18.1 Å². The van der Waals surface area contributed by atoms with Crippen molar-refractivity contribution in [2.24, 2.45) is 0 Å². The number of nitrogens with one attached hydrogen (secondary N) is 1. The summed E-state index contributed by atoms with van der Waals surface area (Å²) >= 11 is 0. The quantitative estimate of drug-likeness (QED) is 0.592. The number of aromatic nitrogens is 1. The molecule has 0 aliphatic carbocycles. The molecule has 0 spiro atoms. The van der Waals surface area contributed by atoms with E-state index in [-0.39, 0.29) is 29.7 Å². The van der Waals surface area contributed by atoms with Gasteiger partial charge in [0.15, 0.2) is 0 Å². The van der Waals surface area contributed by atoms with Gasteiger partial charge in [0.2, 0.25) is 11.7 Å². The molecular weight excluding hydrogens is 262 g/mol. The highest BCUT2D eigenvalue weighted by atomic mass is 32.2. The first kappa shape index (κ1) is 14.2. The second-order valence-corrected chi connectivity index (χ2v) is 5.79. The van der Waals surface area contributed by atoms with Crippen LogP contribution >= 0.6 is 0 Å². The van der Waals surface area contributed by atoms with Crippen molar-refractivity contribution in [1.82, 2.24) is 4.98 Å². The number of anilines is 1. The standard InChI is InChI=1S/C9H13N3O5S/c1-17-8-4-3-7(12(13)14)9(11-8)10-5-6-18(2,15)16/h3-4H,5-6H2,1-2H3,(H,10,11). The average molecular weight is 275 g/mol. The molecule has 0 bridgehead atoms. The molecule has 100 valence electrons. The molecule has 0 aliphatic heterocycles. The molecule has 1 aromatic rings. The number of nitrogens with zero attached hydrogens (tertiary/aromatic N) is 2. The third-order valence-electron chi connectivity index (χ3n) is 2.02. The Balaban J connectivity index is 2.87. The zero-order valence-corrected chi connectivity index (χ0v) is 10.7. The smallest absolute Gasteiger partial charge is 0.311 e. The van der Waals surface area contributed by atoms with Crippen LogP contribution in [0.2, 0.25) is 0 Å². The van der Waals surface area contributed by atoms with Gasteiger partial charge in [0.1, 0.15) is 9.84 Å². The van der Waals surface area contributed by atoms with Crippen LogP contribution in [0.1, 0.15) is 0 Å². The molecule has 0 saturated heterocycles. The highest BCUT2D eigenvalue weighted by Gasteiger charge is 2.16. The lowest BCUT2D eigenvalue weighted by atomic mass is 10.4. The van der Waals surface area contributed by atoms with E-state index in [0.717, 1.165) is 6.26 Å². The largest absolute Gasteiger partial charge is 0.481 e. The second kappa shape index (κ2) is 5.63. The molecule has 1 heterocycles. The van der Waals surface area contributed by atoms with Crippen LogP contribution in [0.4, 0.5) is 11.5 Å². The summed E-state index contributed by atoms with van der Waals surface area (Å²) in [6.45, 7) is 0.0415. The average Bonchev–Trinajstić information content (AvgIpc) is 2.26. The third kappa shape index (κ3) is 4.17. The van der Waals surface area contributed by atoms with Gasteiger partial charge in [-0.05, 0) is 0 Å². The van der Waals surface area contributed by atoms with Crippen molar-refractivity contribution >= 4 is 21.3 Å². The van der Waals surface area contributed by atoms with Gasteiger partial charge in [-0.1, -0.05) is 0 Å². The van der Waals surface area contributed by atoms with Crippen molar-refractivity contribution in [2.45, 2.75) is 0 Å². The number of rotatable bonds is 6. The highest BCUT2D eigenvalue weighted by molar-refractivity contribution is 7.90. The highest BCUT2D eigenvalue weighted by Crippen LogP contribution is 2.24. The first-order valence-corrected chi connectivity index (χ1v) is 7.00. The monoisotopic (exact) mass is 275 g/mol. The zero-order valence-electron chi connectivity index (χ0n) is 9.91. The van der Waals surface area contributed by atoms with Gasteiger partial charge in [0, 0.05) is 24.9 Å². The van der Waals surface area contributed by atoms with Gasteiger partial charge in [0.05, 0.1) is 17.8 Å². The predicted molar refractivity (Wildman–Crippen MR) is 65.6 cm³/mol. The maximum absolute atomic E-state index is 10.9. The van der Waals surface area contributed by atoms with Crippen LogP contribution in [0.5, 0.6) is 5.88 Å². The first-order chi connectivity index (χ1) is 8.33. The maximum atomic E-state index is 10.9. The third-order valence-corrected chi connectivity index (χ3v) is 2.97. The lowest BCUT2D eigenvalue weighted by Gasteiger charge is -2.06. The number of hydrogen-bond acceptors (Lipinski definition) is 7. The van der Waals surface area contributed by atoms with Gasteiger partial charge in [0.25, 0.3) is 0 Å². The Morgan fingerprint density at radius 2 is 2.17 bits per heavy atom. The van der Waals surface area contributed by atoms with E-state index in [9.17, 15) is 18.5 Å². The number of nitro groups is 1. The molecule has 0 aliphatic rings. The minimum absolute atomic E-state index is 0.0111. The van der Waals surface area contributed by atoms with Crippen molar-refractivity contribution in [2.75, 3.05) is 31.0 Å². The molecular formula is C9H13N3O5S. The zero-order chi connectivity index (χ0) is 13.8. The minimum Gasteiger partial charge on any atom is -0.481 e. The SMILES string of the molecule is COc1ccc([N+](=O)[O-])c(NCCS(C)(=O)=O)n1. The van der Waals surface area contributed by atoms with Gasteiger partial charge in [-0.25, -0.2) is 8.42 Å². The molecule has 1 N–H and O–H groups in total. The van der Waals surface area contributed by atoms with Crippen LogP contribution in [-0.4, -0.2) is 44.0 Å². The van der Waals surface area contributed by atoms with Crippen LogP contribution < -0.4 is 10.1 Å². The van der Waals surface area contributed by atoms with Crippen molar-refractivity contribution in [3.63, 3.8) is 0 Å². The summed E-state index contributed by atoms with van der Waals surface area (Å²) in [7, 11) is -1.75. The summed E-state index contributed by atoms with van der Waals surface area (Å²) in [5.41, 5.74) is -0.232. The van der Waals surface area contributed by atoms with Gasteiger partial charge in [-0.3, -0.25) is 10.1 Å². The van der Waals surface area contributed by atoms with Gasteiger partial charge < -0.3 is 10.1 Å². The van der Waals surface area contributed by atoms with E-state index in [0.29, 0.717) is 0 Å². The second-order valence-electron chi connectivity index (χ2n) is 3.54. The van der Waals surface area contributed by atoms with E-state index in [1.165, 1.54) is 19.2 Å². The lowest BCUT2D eigenvalue weighted by molar-refractivity contribution is -0.384. The molecule has 0 atom stereocenters. The van der Waals surface area contributed by atoms with Crippen LogP contribution in [0.15, 0.2) is 12.1 Å². The molecule has 18 heavy (non-hydrogen) atoms. The summed E-state index contributed by atoms with van der Waals surface area (Å²) in [4.78, 5) is 14.0. The van der Waals surface area contributed by atoms with E-state index < -0.39 is 14.8 Å². The Labute approximate surface area is 104 Å². The Morgan fingerprint density at radius 1 is 1.50 bits per heavy atom. The van der Waals surface area contributed by atoms with E-state index >= 15 is 0 Å². The Kier molecular flexibility index (Phi) is 4.43. The normalized spacial score (nSPS) is 11.0. The number of pyridine rings is 1. The molecule has 1 rings (SSSR count). The molecule has 8 nitrogen and oxygen atoms in total. The van der Waals surface area contributed by atoms with Crippen LogP contribution in [0.3, 0.4) is 0 Å². The Morgan fingerprint density at radius 3 is 2.67 bits per heavy atom.